The van der Waals surface area contributed by atoms with Crippen LogP contribution < -0.4 is 10.1 Å². The molecule has 0 atom stereocenters. The Morgan fingerprint density at radius 2 is 1.91 bits per heavy atom. The number of hydrogen-bond donors (Lipinski definition) is 1. The van der Waals surface area contributed by atoms with E-state index in [1.54, 1.807) is 30.3 Å². The Labute approximate surface area is 141 Å². The van der Waals surface area contributed by atoms with Gasteiger partial charge in [-0.15, -0.1) is 0 Å². The summed E-state index contributed by atoms with van der Waals surface area (Å²) in [5, 5.41) is 3.68. The molecule has 0 saturated carbocycles. The van der Waals surface area contributed by atoms with Crippen LogP contribution in [0.5, 0.6) is 5.75 Å². The summed E-state index contributed by atoms with van der Waals surface area (Å²) >= 11 is 6.11. The zero-order chi connectivity index (χ0) is 16.5. The summed E-state index contributed by atoms with van der Waals surface area (Å²) in [5.41, 5.74) is 1.72. The van der Waals surface area contributed by atoms with E-state index in [0.717, 1.165) is 29.2 Å². The number of benzene rings is 2. The predicted molar refractivity (Wildman–Crippen MR) is 94.2 cm³/mol. The van der Waals surface area contributed by atoms with E-state index in [1.165, 1.54) is 0 Å². The number of carbonyl (C=O) groups excluding carboxylic acids is 1. The molecule has 0 unspecified atom stereocenters. The number of rotatable bonds is 8. The third-order valence-electron chi connectivity index (χ3n) is 3.35. The molecule has 1 N–H and O–H groups in total. The average molecular weight is 330 g/mol. The van der Waals surface area contributed by atoms with Crippen molar-refractivity contribution in [1.29, 1.82) is 0 Å². The topological polar surface area (TPSA) is 38.3 Å². The Balaban J connectivity index is 1.76. The molecule has 23 heavy (non-hydrogen) atoms. The fourth-order valence-corrected chi connectivity index (χ4v) is 2.37. The van der Waals surface area contributed by atoms with Crippen molar-refractivity contribution in [3.05, 3.63) is 77.3 Å². The SMILES string of the molecule is C=CCOc1ccc(C(=O)NCCCc2ccccc2Cl)cc1. The van der Waals surface area contributed by atoms with Crippen molar-refractivity contribution in [1.82, 2.24) is 5.32 Å². The summed E-state index contributed by atoms with van der Waals surface area (Å²) in [5.74, 6) is 0.639. The van der Waals surface area contributed by atoms with Crippen molar-refractivity contribution >= 4 is 17.5 Å². The predicted octanol–water partition coefficient (Wildman–Crippen LogP) is 4.27. The second-order valence-corrected chi connectivity index (χ2v) is 5.48. The minimum Gasteiger partial charge on any atom is -0.490 e. The molecule has 4 heteroatoms. The molecule has 2 rings (SSSR count). The molecule has 1 amide bonds. The van der Waals surface area contributed by atoms with Gasteiger partial charge in [0.05, 0.1) is 0 Å². The largest absolute Gasteiger partial charge is 0.490 e. The number of amides is 1. The number of halogens is 1. The highest BCUT2D eigenvalue weighted by Crippen LogP contribution is 2.16. The monoisotopic (exact) mass is 329 g/mol. The van der Waals surface area contributed by atoms with Gasteiger partial charge in [-0.1, -0.05) is 42.5 Å². The number of aryl methyl sites for hydroxylation is 1. The van der Waals surface area contributed by atoms with Gasteiger partial charge in [-0.05, 0) is 48.7 Å². The third kappa shape index (κ3) is 5.46. The first-order valence-electron chi connectivity index (χ1n) is 7.56. The van der Waals surface area contributed by atoms with Gasteiger partial charge in [-0.3, -0.25) is 4.79 Å². The summed E-state index contributed by atoms with van der Waals surface area (Å²) in [6.45, 7) is 4.66. The van der Waals surface area contributed by atoms with Crippen LogP contribution >= 0.6 is 11.6 Å². The second-order valence-electron chi connectivity index (χ2n) is 5.07. The smallest absolute Gasteiger partial charge is 0.251 e. The van der Waals surface area contributed by atoms with Gasteiger partial charge in [0.2, 0.25) is 0 Å². The minimum atomic E-state index is -0.0839. The van der Waals surface area contributed by atoms with Crippen molar-refractivity contribution in [2.75, 3.05) is 13.2 Å². The highest BCUT2D eigenvalue weighted by atomic mass is 35.5. The molecule has 2 aromatic carbocycles. The van der Waals surface area contributed by atoms with Crippen LogP contribution in [-0.2, 0) is 6.42 Å². The molecular weight excluding hydrogens is 310 g/mol. The molecule has 0 saturated heterocycles. The maximum absolute atomic E-state index is 12.1. The number of carbonyl (C=O) groups is 1. The van der Waals surface area contributed by atoms with Crippen molar-refractivity contribution in [3.63, 3.8) is 0 Å². The van der Waals surface area contributed by atoms with Crippen molar-refractivity contribution in [2.24, 2.45) is 0 Å². The number of ether oxygens (including phenoxy) is 1. The zero-order valence-corrected chi connectivity index (χ0v) is 13.7. The fourth-order valence-electron chi connectivity index (χ4n) is 2.14. The molecule has 0 aliphatic carbocycles. The summed E-state index contributed by atoms with van der Waals surface area (Å²) < 4.78 is 5.39. The highest BCUT2D eigenvalue weighted by Gasteiger charge is 2.05. The average Bonchev–Trinajstić information content (AvgIpc) is 2.58. The minimum absolute atomic E-state index is 0.0839. The second kappa shape index (κ2) is 9.01. The molecule has 120 valence electrons. The van der Waals surface area contributed by atoms with Gasteiger partial charge in [-0.25, -0.2) is 0 Å². The summed E-state index contributed by atoms with van der Waals surface area (Å²) in [6.07, 6.45) is 3.36. The fraction of sp³-hybridized carbons (Fsp3) is 0.211. The molecule has 0 aromatic heterocycles. The lowest BCUT2D eigenvalue weighted by molar-refractivity contribution is 0.0953. The van der Waals surface area contributed by atoms with Crippen LogP contribution in [0.25, 0.3) is 0 Å². The van der Waals surface area contributed by atoms with Gasteiger partial charge < -0.3 is 10.1 Å². The summed E-state index contributed by atoms with van der Waals surface area (Å²) in [4.78, 5) is 12.1. The number of hydrogen-bond acceptors (Lipinski definition) is 2. The summed E-state index contributed by atoms with van der Waals surface area (Å²) in [7, 11) is 0. The van der Waals surface area contributed by atoms with Crippen LogP contribution in [0.3, 0.4) is 0 Å². The molecule has 0 aliphatic rings. The maximum Gasteiger partial charge on any atom is 0.251 e. The normalized spacial score (nSPS) is 10.1. The quantitative estimate of drug-likeness (QED) is 0.580. The van der Waals surface area contributed by atoms with E-state index >= 15 is 0 Å². The standard InChI is InChI=1S/C19H20ClNO2/c1-2-14-23-17-11-9-16(10-12-17)19(22)21-13-5-7-15-6-3-4-8-18(15)20/h2-4,6,8-12H,1,5,7,13-14H2,(H,21,22). The van der Waals surface area contributed by atoms with E-state index in [4.69, 9.17) is 16.3 Å². The molecule has 3 nitrogen and oxygen atoms in total. The van der Waals surface area contributed by atoms with Crippen molar-refractivity contribution in [2.45, 2.75) is 12.8 Å². The lowest BCUT2D eigenvalue weighted by atomic mass is 10.1. The Hall–Kier alpha value is -2.26. The highest BCUT2D eigenvalue weighted by molar-refractivity contribution is 6.31. The lowest BCUT2D eigenvalue weighted by Gasteiger charge is -2.07. The molecule has 0 fully saturated rings. The van der Waals surface area contributed by atoms with Gasteiger partial charge >= 0.3 is 0 Å². The first kappa shape index (κ1) is 17.1. The molecule has 0 aliphatic heterocycles. The van der Waals surface area contributed by atoms with Crippen LogP contribution in [0, 0.1) is 0 Å². The van der Waals surface area contributed by atoms with Gasteiger partial charge in [-0.2, -0.15) is 0 Å². The Bertz CT molecular complexity index is 653. The first-order chi connectivity index (χ1) is 11.2. The molecule has 0 radical (unpaired) electrons. The maximum atomic E-state index is 12.1. The van der Waals surface area contributed by atoms with E-state index in [0.29, 0.717) is 18.7 Å². The number of nitrogens with one attached hydrogen (secondary N) is 1. The third-order valence-corrected chi connectivity index (χ3v) is 3.72. The molecule has 0 bridgehead atoms. The van der Waals surface area contributed by atoms with Gasteiger partial charge in [0.25, 0.3) is 5.91 Å². The van der Waals surface area contributed by atoms with Gasteiger partial charge in [0.15, 0.2) is 0 Å². The Morgan fingerprint density at radius 1 is 1.17 bits per heavy atom. The molecular formula is C19H20ClNO2. The summed E-state index contributed by atoms with van der Waals surface area (Å²) in [6, 6.07) is 14.8. The van der Waals surface area contributed by atoms with Crippen molar-refractivity contribution < 1.29 is 9.53 Å². The lowest BCUT2D eigenvalue weighted by Crippen LogP contribution is -2.24. The molecule has 2 aromatic rings. The van der Waals surface area contributed by atoms with Crippen LogP contribution in [0.2, 0.25) is 5.02 Å². The van der Waals surface area contributed by atoms with Crippen molar-refractivity contribution in [3.8, 4) is 5.75 Å². The van der Waals surface area contributed by atoms with Crippen LogP contribution in [0.4, 0.5) is 0 Å². The van der Waals surface area contributed by atoms with Crippen LogP contribution in [0.15, 0.2) is 61.2 Å². The Kier molecular flexibility index (Phi) is 6.70. The van der Waals surface area contributed by atoms with Crippen LogP contribution in [0.1, 0.15) is 22.3 Å². The first-order valence-corrected chi connectivity index (χ1v) is 7.94. The van der Waals surface area contributed by atoms with Gasteiger partial charge in [0.1, 0.15) is 12.4 Å². The van der Waals surface area contributed by atoms with E-state index in [-0.39, 0.29) is 5.91 Å². The Morgan fingerprint density at radius 3 is 2.61 bits per heavy atom. The molecule has 0 spiro atoms. The van der Waals surface area contributed by atoms with Crippen LogP contribution in [-0.4, -0.2) is 19.1 Å². The van der Waals surface area contributed by atoms with Gasteiger partial charge in [0, 0.05) is 17.1 Å². The molecule has 0 heterocycles. The zero-order valence-electron chi connectivity index (χ0n) is 12.9. The van der Waals surface area contributed by atoms with E-state index in [2.05, 4.69) is 11.9 Å². The van der Waals surface area contributed by atoms with E-state index < -0.39 is 0 Å². The van der Waals surface area contributed by atoms with E-state index in [1.807, 2.05) is 24.3 Å². The van der Waals surface area contributed by atoms with E-state index in [9.17, 15) is 4.79 Å².